The molecule has 0 heterocycles. The van der Waals surface area contributed by atoms with Crippen molar-refractivity contribution in [3.63, 3.8) is 0 Å². The molecule has 260 valence electrons. The second-order valence-electron chi connectivity index (χ2n) is 11.2. The number of benzene rings is 4. The van der Waals surface area contributed by atoms with E-state index < -0.39 is 20.2 Å². The number of rotatable bonds is 16. The van der Waals surface area contributed by atoms with Gasteiger partial charge in [0.05, 0.1) is 9.79 Å². The van der Waals surface area contributed by atoms with Gasteiger partial charge in [0.25, 0.3) is 10.1 Å². The molecule has 0 unspecified atom stereocenters. The summed E-state index contributed by atoms with van der Waals surface area (Å²) in [6.45, 7) is 4.19. The van der Waals surface area contributed by atoms with Crippen molar-refractivity contribution in [3.8, 4) is 34.5 Å². The van der Waals surface area contributed by atoms with E-state index in [0.717, 1.165) is 51.4 Å². The molecule has 0 spiro atoms. The fourth-order valence-electron chi connectivity index (χ4n) is 4.94. The SMILES string of the molecule is CCCCCCc1cc(Oc2ccccc2O)ccc1S(=O)(=O)O.CCCCCCc1cc(Oc2ccccc2[O-])ccc1S(=O)(=O)[O-].[Ca+2]. The number of hydrogen-bond donors (Lipinski definition) is 2. The molecule has 0 aliphatic heterocycles. The molecule has 4 aromatic carbocycles. The van der Waals surface area contributed by atoms with Gasteiger partial charge in [-0.25, -0.2) is 8.42 Å². The Morgan fingerprint density at radius 2 is 1.10 bits per heavy atom. The fraction of sp³-hybridized carbons (Fsp3) is 0.333. The van der Waals surface area contributed by atoms with E-state index in [1.165, 1.54) is 42.5 Å². The Kier molecular flexibility index (Phi) is 17.9. The largest absolute Gasteiger partial charge is 2.00 e. The summed E-state index contributed by atoms with van der Waals surface area (Å²) in [5.41, 5.74) is 0.948. The Balaban J connectivity index is 0.000000333. The summed E-state index contributed by atoms with van der Waals surface area (Å²) < 4.78 is 77.9. The second kappa shape index (κ2) is 20.7. The first-order valence-corrected chi connectivity index (χ1v) is 18.8. The Morgan fingerprint density at radius 3 is 1.59 bits per heavy atom. The Labute approximate surface area is 319 Å². The van der Waals surface area contributed by atoms with Gasteiger partial charge in [0.1, 0.15) is 27.4 Å². The number of ether oxygens (including phenoxy) is 2. The number of aromatic hydroxyl groups is 1. The monoisotopic (exact) mass is 738 g/mol. The van der Waals surface area contributed by atoms with Crippen molar-refractivity contribution in [1.29, 1.82) is 0 Å². The summed E-state index contributed by atoms with van der Waals surface area (Å²) in [7, 11) is -8.82. The molecule has 0 aliphatic rings. The summed E-state index contributed by atoms with van der Waals surface area (Å²) in [6.07, 6.45) is 8.87. The average molecular weight is 739 g/mol. The van der Waals surface area contributed by atoms with Crippen LogP contribution in [0.4, 0.5) is 0 Å². The van der Waals surface area contributed by atoms with E-state index in [1.807, 2.05) is 0 Å². The van der Waals surface area contributed by atoms with Crippen molar-refractivity contribution in [3.05, 3.63) is 96.1 Å². The number of unbranched alkanes of at least 4 members (excludes halogenated alkanes) is 6. The number of para-hydroxylation sites is 4. The summed E-state index contributed by atoms with van der Waals surface area (Å²) in [6, 6.07) is 21.3. The summed E-state index contributed by atoms with van der Waals surface area (Å²) in [5, 5.41) is 21.5. The van der Waals surface area contributed by atoms with Crippen molar-refractivity contribution >= 4 is 58.0 Å². The second-order valence-corrected chi connectivity index (χ2v) is 13.9. The van der Waals surface area contributed by atoms with E-state index in [-0.39, 0.29) is 70.5 Å². The summed E-state index contributed by atoms with van der Waals surface area (Å²) in [4.78, 5) is -0.314. The minimum Gasteiger partial charge on any atom is -0.870 e. The third-order valence-electron chi connectivity index (χ3n) is 7.38. The summed E-state index contributed by atoms with van der Waals surface area (Å²) in [5.74, 6) is 0.940. The van der Waals surface area contributed by atoms with Crippen LogP contribution in [0.1, 0.15) is 76.3 Å². The Hall–Kier alpha value is -2.84. The third-order valence-corrected chi connectivity index (χ3v) is 9.27. The predicted molar refractivity (Wildman–Crippen MR) is 186 cm³/mol. The maximum atomic E-state index is 11.7. The van der Waals surface area contributed by atoms with Gasteiger partial charge < -0.3 is 24.2 Å². The molecule has 0 atom stereocenters. The molecular formula is C36H42CaO10S2. The molecule has 0 saturated carbocycles. The van der Waals surface area contributed by atoms with Crippen LogP contribution in [0.3, 0.4) is 0 Å². The van der Waals surface area contributed by atoms with Gasteiger partial charge in [-0.1, -0.05) is 88.5 Å². The van der Waals surface area contributed by atoms with Crippen molar-refractivity contribution < 1.29 is 45.6 Å². The van der Waals surface area contributed by atoms with Crippen LogP contribution in [0.25, 0.3) is 0 Å². The van der Waals surface area contributed by atoms with Gasteiger partial charge in [0.2, 0.25) is 0 Å². The molecular weight excluding hydrogens is 697 g/mol. The zero-order chi connectivity index (χ0) is 35.2. The van der Waals surface area contributed by atoms with Gasteiger partial charge in [-0.2, -0.15) is 8.42 Å². The topological polar surface area (TPSA) is 173 Å². The van der Waals surface area contributed by atoms with E-state index in [2.05, 4.69) is 13.8 Å². The minimum atomic E-state index is -4.54. The molecule has 0 amide bonds. The van der Waals surface area contributed by atoms with Gasteiger partial charge in [0, 0.05) is 0 Å². The van der Waals surface area contributed by atoms with Crippen LogP contribution >= 0.6 is 0 Å². The van der Waals surface area contributed by atoms with Crippen molar-refractivity contribution in [2.75, 3.05) is 0 Å². The number of hydrogen-bond acceptors (Lipinski definition) is 9. The summed E-state index contributed by atoms with van der Waals surface area (Å²) >= 11 is 0. The average Bonchev–Trinajstić information content (AvgIpc) is 3.03. The Morgan fingerprint density at radius 1 is 0.633 bits per heavy atom. The van der Waals surface area contributed by atoms with Crippen LogP contribution in [-0.4, -0.2) is 68.8 Å². The maximum absolute atomic E-state index is 11.7. The van der Waals surface area contributed by atoms with E-state index in [1.54, 1.807) is 42.5 Å². The zero-order valence-electron chi connectivity index (χ0n) is 27.8. The van der Waals surface area contributed by atoms with Gasteiger partial charge in [-0.3, -0.25) is 4.55 Å². The van der Waals surface area contributed by atoms with Gasteiger partial charge in [0.15, 0.2) is 11.5 Å². The van der Waals surface area contributed by atoms with Crippen LogP contribution in [0.15, 0.2) is 94.7 Å². The Bertz CT molecular complexity index is 1710. The van der Waals surface area contributed by atoms with Gasteiger partial charge >= 0.3 is 37.7 Å². The van der Waals surface area contributed by atoms with E-state index in [9.17, 15) is 36.2 Å². The molecule has 49 heavy (non-hydrogen) atoms. The van der Waals surface area contributed by atoms with Crippen molar-refractivity contribution in [2.24, 2.45) is 0 Å². The van der Waals surface area contributed by atoms with Crippen molar-refractivity contribution in [1.82, 2.24) is 0 Å². The van der Waals surface area contributed by atoms with Gasteiger partial charge in [-0.05, 0) is 91.4 Å². The van der Waals surface area contributed by atoms with Crippen LogP contribution < -0.4 is 14.6 Å². The zero-order valence-corrected chi connectivity index (χ0v) is 31.7. The van der Waals surface area contributed by atoms with Crippen LogP contribution in [0.2, 0.25) is 0 Å². The molecule has 13 heteroatoms. The molecule has 0 bridgehead atoms. The van der Waals surface area contributed by atoms with Crippen LogP contribution in [0, 0.1) is 0 Å². The minimum absolute atomic E-state index is 0. The standard InChI is InChI=1S/2C18H22O5S.Ca/c2*1-2-3-4-5-8-14-13-15(11-12-18(14)24(20,21)22)23-17-10-7-6-9-16(17)19;/h2*6-7,9-13,19H,2-5,8H2,1H3,(H,20,21,22);/q;;+2/p-2. The molecule has 4 aromatic rings. The molecule has 0 aromatic heterocycles. The van der Waals surface area contributed by atoms with Crippen LogP contribution in [-0.2, 0) is 33.1 Å². The van der Waals surface area contributed by atoms with Crippen LogP contribution in [0.5, 0.6) is 34.5 Å². The first kappa shape index (κ1) is 42.3. The maximum Gasteiger partial charge on any atom is 2.00 e. The number of aryl methyl sites for hydroxylation is 2. The number of phenolic OH excluding ortho intramolecular Hbond substituents is 1. The fourth-order valence-corrected chi connectivity index (χ4v) is 6.39. The molecule has 0 radical (unpaired) electrons. The van der Waals surface area contributed by atoms with E-state index in [0.29, 0.717) is 35.5 Å². The first-order valence-electron chi connectivity index (χ1n) is 15.9. The normalized spacial score (nSPS) is 11.2. The molecule has 0 aliphatic carbocycles. The van der Waals surface area contributed by atoms with Crippen molar-refractivity contribution in [2.45, 2.75) is 87.8 Å². The molecule has 2 N–H and O–H groups in total. The van der Waals surface area contributed by atoms with Gasteiger partial charge in [-0.15, -0.1) is 0 Å². The third kappa shape index (κ3) is 14.1. The number of phenols is 1. The quantitative estimate of drug-likeness (QED) is 0.0657. The first-order chi connectivity index (χ1) is 22.8. The van der Waals surface area contributed by atoms with E-state index in [4.69, 9.17) is 9.47 Å². The molecule has 4 rings (SSSR count). The van der Waals surface area contributed by atoms with E-state index >= 15 is 0 Å². The molecule has 0 saturated heterocycles. The smallest absolute Gasteiger partial charge is 0.870 e. The predicted octanol–water partition coefficient (Wildman–Crippen LogP) is 7.75. The molecule has 10 nitrogen and oxygen atoms in total. The molecule has 0 fully saturated rings.